The van der Waals surface area contributed by atoms with Crippen molar-refractivity contribution in [2.24, 2.45) is 0 Å². The summed E-state index contributed by atoms with van der Waals surface area (Å²) in [6.45, 7) is 0.991. The van der Waals surface area contributed by atoms with Gasteiger partial charge in [-0.1, -0.05) is 0 Å². The number of fused-ring (bicyclic) bond motifs is 1. The van der Waals surface area contributed by atoms with Gasteiger partial charge in [-0.05, 0) is 13.0 Å². The number of hydrogen-bond donors (Lipinski definition) is 1. The Morgan fingerprint density at radius 3 is 2.69 bits per heavy atom. The molecule has 5 nitrogen and oxygen atoms in total. The maximum atomic E-state index is 12.4. The number of hydrogen-bond acceptors (Lipinski definition) is 4. The summed E-state index contributed by atoms with van der Waals surface area (Å²) in [6.07, 6.45) is -3.01. The fourth-order valence-electron chi connectivity index (χ4n) is 1.16. The van der Waals surface area contributed by atoms with Crippen LogP contribution in [0.3, 0.4) is 0 Å². The van der Waals surface area contributed by atoms with E-state index in [4.69, 9.17) is 5.73 Å². The van der Waals surface area contributed by atoms with E-state index in [-0.39, 0.29) is 17.4 Å². The topological polar surface area (TPSA) is 69.1 Å². The molecular weight excluding hydrogens is 223 g/mol. The first kappa shape index (κ1) is 10.7. The normalized spacial score (nSPS) is 14.2. The number of nitrogen functional groups attached to an aromatic ring is 1. The summed E-state index contributed by atoms with van der Waals surface area (Å²) in [4.78, 5) is 7.45. The van der Waals surface area contributed by atoms with Gasteiger partial charge in [-0.15, -0.1) is 5.10 Å². The van der Waals surface area contributed by atoms with Crippen LogP contribution in [0.15, 0.2) is 12.3 Å². The number of halogens is 3. The van der Waals surface area contributed by atoms with Gasteiger partial charge in [0.2, 0.25) is 0 Å². The second-order valence-electron chi connectivity index (χ2n) is 3.31. The van der Waals surface area contributed by atoms with Gasteiger partial charge in [-0.3, -0.25) is 0 Å². The minimum Gasteiger partial charge on any atom is -0.383 e. The van der Waals surface area contributed by atoms with Crippen LogP contribution < -0.4 is 5.73 Å². The van der Waals surface area contributed by atoms with Gasteiger partial charge in [-0.2, -0.15) is 22.7 Å². The molecule has 8 heteroatoms. The predicted molar refractivity (Wildman–Crippen MR) is 49.7 cm³/mol. The monoisotopic (exact) mass is 231 g/mol. The third kappa shape index (κ3) is 1.66. The lowest BCUT2D eigenvalue weighted by atomic mass is 10.1. The highest BCUT2D eigenvalue weighted by molar-refractivity contribution is 5.39. The van der Waals surface area contributed by atoms with Gasteiger partial charge in [0.15, 0.2) is 5.82 Å². The highest BCUT2D eigenvalue weighted by atomic mass is 19.4. The van der Waals surface area contributed by atoms with E-state index < -0.39 is 12.1 Å². The summed E-state index contributed by atoms with van der Waals surface area (Å²) >= 11 is 0. The first-order chi connectivity index (χ1) is 7.39. The third-order valence-electron chi connectivity index (χ3n) is 2.16. The van der Waals surface area contributed by atoms with Crippen LogP contribution in [-0.4, -0.2) is 25.8 Å². The second kappa shape index (κ2) is 3.32. The Morgan fingerprint density at radius 2 is 2.12 bits per heavy atom. The maximum absolute atomic E-state index is 12.4. The Kier molecular flexibility index (Phi) is 2.21. The molecule has 0 radical (unpaired) electrons. The van der Waals surface area contributed by atoms with Crippen LogP contribution >= 0.6 is 0 Å². The SMILES string of the molecule is C[C@H](c1nc2nccc(N)n2n1)C(F)(F)F. The molecule has 0 spiro atoms. The minimum absolute atomic E-state index is 0.0612. The van der Waals surface area contributed by atoms with E-state index in [2.05, 4.69) is 15.1 Å². The second-order valence-corrected chi connectivity index (χ2v) is 3.31. The molecule has 2 heterocycles. The van der Waals surface area contributed by atoms with Crippen molar-refractivity contribution in [1.29, 1.82) is 0 Å². The average Bonchev–Trinajstić information content (AvgIpc) is 2.60. The lowest BCUT2D eigenvalue weighted by Crippen LogP contribution is -2.19. The average molecular weight is 231 g/mol. The number of anilines is 1. The molecule has 0 saturated heterocycles. The van der Waals surface area contributed by atoms with Gasteiger partial charge >= 0.3 is 6.18 Å². The molecule has 2 aromatic heterocycles. The molecular formula is C8H8F3N5. The molecule has 0 fully saturated rings. The molecule has 16 heavy (non-hydrogen) atoms. The quantitative estimate of drug-likeness (QED) is 0.804. The zero-order valence-electron chi connectivity index (χ0n) is 8.23. The van der Waals surface area contributed by atoms with Crippen LogP contribution in [0, 0.1) is 0 Å². The molecule has 0 aromatic carbocycles. The van der Waals surface area contributed by atoms with Gasteiger partial charge in [-0.25, -0.2) is 4.98 Å². The third-order valence-corrected chi connectivity index (χ3v) is 2.16. The highest BCUT2D eigenvalue weighted by Gasteiger charge is 2.40. The van der Waals surface area contributed by atoms with Crippen LogP contribution in [-0.2, 0) is 0 Å². The number of nitrogens with two attached hydrogens (primary N) is 1. The van der Waals surface area contributed by atoms with Gasteiger partial charge < -0.3 is 5.73 Å². The van der Waals surface area contributed by atoms with Gasteiger partial charge in [0.05, 0.1) is 0 Å². The van der Waals surface area contributed by atoms with Crippen molar-refractivity contribution in [3.8, 4) is 0 Å². The van der Waals surface area contributed by atoms with Crippen molar-refractivity contribution in [2.75, 3.05) is 5.73 Å². The number of nitrogens with zero attached hydrogens (tertiary/aromatic N) is 4. The van der Waals surface area contributed by atoms with Gasteiger partial charge in [0.1, 0.15) is 11.7 Å². The van der Waals surface area contributed by atoms with E-state index in [9.17, 15) is 13.2 Å². The zero-order valence-corrected chi connectivity index (χ0v) is 8.23. The molecule has 0 aliphatic heterocycles. The van der Waals surface area contributed by atoms with Crippen LogP contribution in [0.2, 0.25) is 0 Å². The molecule has 0 amide bonds. The van der Waals surface area contributed by atoms with Crippen LogP contribution in [0.25, 0.3) is 5.78 Å². The van der Waals surface area contributed by atoms with E-state index in [1.165, 1.54) is 12.3 Å². The largest absolute Gasteiger partial charge is 0.398 e. The zero-order chi connectivity index (χ0) is 11.9. The van der Waals surface area contributed by atoms with Crippen molar-refractivity contribution in [1.82, 2.24) is 19.6 Å². The van der Waals surface area contributed by atoms with E-state index >= 15 is 0 Å². The van der Waals surface area contributed by atoms with E-state index in [0.717, 1.165) is 11.4 Å². The molecule has 0 aliphatic rings. The summed E-state index contributed by atoms with van der Waals surface area (Å²) in [5.41, 5.74) is 5.52. The summed E-state index contributed by atoms with van der Waals surface area (Å²) < 4.78 is 38.3. The lowest BCUT2D eigenvalue weighted by molar-refractivity contribution is -0.147. The van der Waals surface area contributed by atoms with E-state index in [0.29, 0.717) is 0 Å². The highest BCUT2D eigenvalue weighted by Crippen LogP contribution is 2.32. The molecule has 0 unspecified atom stereocenters. The number of aromatic nitrogens is 4. The standard InChI is InChI=1S/C8H8F3N5/c1-4(8(9,10)11)6-14-7-13-3-2-5(12)16(7)15-6/h2-4H,12H2,1H3/t4-/m1/s1. The molecule has 0 aliphatic carbocycles. The molecule has 0 saturated carbocycles. The van der Waals surface area contributed by atoms with E-state index in [1.54, 1.807) is 0 Å². The van der Waals surface area contributed by atoms with Crippen LogP contribution in [0.1, 0.15) is 18.7 Å². The Labute approximate surface area is 88.1 Å². The Bertz CT molecular complexity index is 518. The molecule has 2 aromatic rings. The predicted octanol–water partition coefficient (Wildman–Crippen LogP) is 1.37. The number of rotatable bonds is 1. The van der Waals surface area contributed by atoms with E-state index in [1.807, 2.05) is 0 Å². The molecule has 0 bridgehead atoms. The van der Waals surface area contributed by atoms with Crippen molar-refractivity contribution in [3.63, 3.8) is 0 Å². The summed E-state index contributed by atoms with van der Waals surface area (Å²) in [5, 5.41) is 3.68. The molecule has 2 rings (SSSR count). The summed E-state index contributed by atoms with van der Waals surface area (Å²) in [6, 6.07) is 1.43. The summed E-state index contributed by atoms with van der Waals surface area (Å²) in [5.74, 6) is -1.82. The fourth-order valence-corrected chi connectivity index (χ4v) is 1.16. The van der Waals surface area contributed by atoms with Crippen molar-refractivity contribution in [2.45, 2.75) is 19.0 Å². The first-order valence-electron chi connectivity index (χ1n) is 4.43. The van der Waals surface area contributed by atoms with Crippen LogP contribution in [0.4, 0.5) is 19.0 Å². The molecule has 2 N–H and O–H groups in total. The van der Waals surface area contributed by atoms with Gasteiger partial charge in [0.25, 0.3) is 5.78 Å². The maximum Gasteiger partial charge on any atom is 0.398 e. The van der Waals surface area contributed by atoms with Crippen molar-refractivity contribution < 1.29 is 13.2 Å². The smallest absolute Gasteiger partial charge is 0.383 e. The Hall–Kier alpha value is -1.86. The first-order valence-corrected chi connectivity index (χ1v) is 4.43. The molecule has 1 atom stereocenters. The lowest BCUT2D eigenvalue weighted by Gasteiger charge is -2.10. The molecule has 86 valence electrons. The Balaban J connectivity index is 2.52. The van der Waals surface area contributed by atoms with Crippen molar-refractivity contribution >= 4 is 11.6 Å². The van der Waals surface area contributed by atoms with Crippen molar-refractivity contribution in [3.05, 3.63) is 18.1 Å². The minimum atomic E-state index is -4.38. The summed E-state index contributed by atoms with van der Waals surface area (Å²) in [7, 11) is 0. The van der Waals surface area contributed by atoms with Gasteiger partial charge in [0, 0.05) is 6.20 Å². The Morgan fingerprint density at radius 1 is 1.44 bits per heavy atom. The van der Waals surface area contributed by atoms with Crippen LogP contribution in [0.5, 0.6) is 0 Å². The fraction of sp³-hybridized carbons (Fsp3) is 0.375. The number of alkyl halides is 3.